The zero-order valence-corrected chi connectivity index (χ0v) is 22.0. The Hall–Kier alpha value is -4.82. The lowest BCUT2D eigenvalue weighted by Crippen LogP contribution is -2.15. The molecule has 0 fully saturated rings. The Bertz CT molecular complexity index is 1590. The number of hydrogen-bond donors (Lipinski definition) is 0. The third-order valence-corrected chi connectivity index (χ3v) is 6.68. The van der Waals surface area contributed by atoms with Crippen molar-refractivity contribution in [2.45, 2.75) is 13.8 Å². The molecule has 0 amide bonds. The van der Waals surface area contributed by atoms with Crippen LogP contribution in [0.5, 0.6) is 0 Å². The SMILES string of the molecule is C=C/C=C(\C=C)N(c1ccc(C)cc1)c1ccc2cc(N(c3ccccc3)c3ccc(C)cc3)ccc2c1. The minimum Gasteiger partial charge on any atom is -0.311 e. The van der Waals surface area contributed by atoms with Crippen molar-refractivity contribution in [3.05, 3.63) is 163 Å². The van der Waals surface area contributed by atoms with Crippen molar-refractivity contribution in [1.82, 2.24) is 0 Å². The number of hydrogen-bond acceptors (Lipinski definition) is 2. The fraction of sp³-hybridized carbons (Fsp3) is 0.0556. The molecule has 0 unspecified atom stereocenters. The number of aryl methyl sites for hydroxylation is 2. The van der Waals surface area contributed by atoms with Crippen LogP contribution in [-0.2, 0) is 0 Å². The predicted octanol–water partition coefficient (Wildman–Crippen LogP) is 10.3. The van der Waals surface area contributed by atoms with E-state index in [9.17, 15) is 0 Å². The quantitative estimate of drug-likeness (QED) is 0.199. The monoisotopic (exact) mass is 492 g/mol. The van der Waals surface area contributed by atoms with Crippen molar-refractivity contribution in [2.24, 2.45) is 0 Å². The van der Waals surface area contributed by atoms with E-state index in [1.165, 1.54) is 21.9 Å². The third kappa shape index (κ3) is 5.16. The number of para-hydroxylation sites is 1. The molecule has 186 valence electrons. The summed E-state index contributed by atoms with van der Waals surface area (Å²) in [4.78, 5) is 4.51. The summed E-state index contributed by atoms with van der Waals surface area (Å²) in [6.07, 6.45) is 5.66. The molecule has 0 radical (unpaired) electrons. The Morgan fingerprint density at radius 3 is 1.63 bits per heavy atom. The zero-order valence-electron chi connectivity index (χ0n) is 22.0. The van der Waals surface area contributed by atoms with E-state index in [0.717, 1.165) is 34.1 Å². The van der Waals surface area contributed by atoms with Gasteiger partial charge in [0.1, 0.15) is 0 Å². The number of benzene rings is 5. The molecule has 0 aliphatic heterocycles. The second kappa shape index (κ2) is 11.1. The fourth-order valence-corrected chi connectivity index (χ4v) is 4.71. The van der Waals surface area contributed by atoms with E-state index in [0.29, 0.717) is 0 Å². The molecular weight excluding hydrogens is 460 g/mol. The van der Waals surface area contributed by atoms with E-state index in [-0.39, 0.29) is 0 Å². The maximum atomic E-state index is 4.06. The van der Waals surface area contributed by atoms with Crippen LogP contribution in [0, 0.1) is 13.8 Å². The smallest absolute Gasteiger partial charge is 0.0468 e. The molecule has 0 heterocycles. The molecular formula is C36H32N2. The Labute approximate surface area is 226 Å². The van der Waals surface area contributed by atoms with E-state index in [1.807, 2.05) is 12.2 Å². The van der Waals surface area contributed by atoms with Crippen molar-refractivity contribution in [1.29, 1.82) is 0 Å². The van der Waals surface area contributed by atoms with Gasteiger partial charge in [-0.1, -0.05) is 85.0 Å². The summed E-state index contributed by atoms with van der Waals surface area (Å²) in [5, 5.41) is 2.35. The summed E-state index contributed by atoms with van der Waals surface area (Å²) >= 11 is 0. The average molecular weight is 493 g/mol. The topological polar surface area (TPSA) is 6.48 Å². The summed E-state index contributed by atoms with van der Waals surface area (Å²) < 4.78 is 0. The lowest BCUT2D eigenvalue weighted by atomic mass is 10.1. The van der Waals surface area contributed by atoms with Crippen molar-refractivity contribution < 1.29 is 0 Å². The third-order valence-electron chi connectivity index (χ3n) is 6.68. The maximum Gasteiger partial charge on any atom is 0.0468 e. The first-order valence-corrected chi connectivity index (χ1v) is 12.8. The highest BCUT2D eigenvalue weighted by Gasteiger charge is 2.15. The van der Waals surface area contributed by atoms with Crippen LogP contribution in [0.15, 0.2) is 152 Å². The van der Waals surface area contributed by atoms with Gasteiger partial charge in [-0.3, -0.25) is 0 Å². The number of nitrogens with zero attached hydrogens (tertiary/aromatic N) is 2. The van der Waals surface area contributed by atoms with Gasteiger partial charge in [0.2, 0.25) is 0 Å². The van der Waals surface area contributed by atoms with E-state index in [1.54, 1.807) is 6.08 Å². The zero-order chi connectivity index (χ0) is 26.5. The second-order valence-electron chi connectivity index (χ2n) is 9.42. The highest BCUT2D eigenvalue weighted by Crippen LogP contribution is 2.38. The molecule has 0 aliphatic rings. The summed E-state index contributed by atoms with van der Waals surface area (Å²) in [6.45, 7) is 12.2. The van der Waals surface area contributed by atoms with Crippen LogP contribution in [0.1, 0.15) is 11.1 Å². The van der Waals surface area contributed by atoms with E-state index < -0.39 is 0 Å². The minimum atomic E-state index is 0.967. The Morgan fingerprint density at radius 1 is 0.553 bits per heavy atom. The molecule has 5 aromatic carbocycles. The Morgan fingerprint density at radius 2 is 1.05 bits per heavy atom. The first-order chi connectivity index (χ1) is 18.6. The van der Waals surface area contributed by atoms with Gasteiger partial charge < -0.3 is 9.80 Å². The molecule has 0 saturated carbocycles. The average Bonchev–Trinajstić information content (AvgIpc) is 2.95. The van der Waals surface area contributed by atoms with Gasteiger partial charge in [0, 0.05) is 34.1 Å². The van der Waals surface area contributed by atoms with Crippen LogP contribution in [0.3, 0.4) is 0 Å². The minimum absolute atomic E-state index is 0.967. The number of rotatable bonds is 8. The van der Waals surface area contributed by atoms with Crippen LogP contribution in [-0.4, -0.2) is 0 Å². The highest BCUT2D eigenvalue weighted by molar-refractivity contribution is 5.92. The molecule has 2 nitrogen and oxygen atoms in total. The van der Waals surface area contributed by atoms with Crippen LogP contribution in [0.25, 0.3) is 10.8 Å². The highest BCUT2D eigenvalue weighted by atomic mass is 15.1. The lowest BCUT2D eigenvalue weighted by molar-refractivity contribution is 1.21. The van der Waals surface area contributed by atoms with Gasteiger partial charge in [-0.2, -0.15) is 0 Å². The summed E-state index contributed by atoms with van der Waals surface area (Å²) in [5.74, 6) is 0. The van der Waals surface area contributed by atoms with E-state index >= 15 is 0 Å². The molecule has 2 heteroatoms. The molecule has 0 bridgehead atoms. The molecule has 0 aromatic heterocycles. The van der Waals surface area contributed by atoms with E-state index in [2.05, 4.69) is 152 Å². The van der Waals surface area contributed by atoms with Gasteiger partial charge in [-0.15, -0.1) is 0 Å². The molecule has 0 atom stereocenters. The van der Waals surface area contributed by atoms with Crippen LogP contribution in [0.4, 0.5) is 28.4 Å². The van der Waals surface area contributed by atoms with Gasteiger partial charge >= 0.3 is 0 Å². The van der Waals surface area contributed by atoms with Crippen LogP contribution < -0.4 is 9.80 Å². The second-order valence-corrected chi connectivity index (χ2v) is 9.42. The Balaban J connectivity index is 1.60. The van der Waals surface area contributed by atoms with E-state index in [4.69, 9.17) is 0 Å². The van der Waals surface area contributed by atoms with Crippen molar-refractivity contribution in [3.8, 4) is 0 Å². The first kappa shape index (κ1) is 24.9. The van der Waals surface area contributed by atoms with Crippen molar-refractivity contribution >= 4 is 39.2 Å². The summed E-state index contributed by atoms with van der Waals surface area (Å²) in [6, 6.07) is 41.0. The molecule has 5 rings (SSSR count). The fourth-order valence-electron chi connectivity index (χ4n) is 4.71. The van der Waals surface area contributed by atoms with Crippen molar-refractivity contribution in [2.75, 3.05) is 9.80 Å². The van der Waals surface area contributed by atoms with Crippen molar-refractivity contribution in [3.63, 3.8) is 0 Å². The molecule has 0 spiro atoms. The summed E-state index contributed by atoms with van der Waals surface area (Å²) in [7, 11) is 0. The van der Waals surface area contributed by atoms with Gasteiger partial charge in [0.25, 0.3) is 0 Å². The van der Waals surface area contributed by atoms with Gasteiger partial charge in [-0.25, -0.2) is 0 Å². The van der Waals surface area contributed by atoms with Crippen LogP contribution in [0.2, 0.25) is 0 Å². The molecule has 38 heavy (non-hydrogen) atoms. The number of allylic oxidation sites excluding steroid dienone is 3. The first-order valence-electron chi connectivity index (χ1n) is 12.8. The predicted molar refractivity (Wildman–Crippen MR) is 165 cm³/mol. The van der Waals surface area contributed by atoms with Crippen LogP contribution >= 0.6 is 0 Å². The largest absolute Gasteiger partial charge is 0.311 e. The number of anilines is 5. The molecule has 0 aliphatic carbocycles. The molecule has 0 saturated heterocycles. The van der Waals surface area contributed by atoms with Gasteiger partial charge in [0.15, 0.2) is 0 Å². The molecule has 0 N–H and O–H groups in total. The maximum absolute atomic E-state index is 4.06. The number of fused-ring (bicyclic) bond motifs is 1. The van der Waals surface area contributed by atoms with Gasteiger partial charge in [-0.05, 0) is 97.4 Å². The lowest BCUT2D eigenvalue weighted by Gasteiger charge is -2.27. The normalized spacial score (nSPS) is 11.3. The Kier molecular flexibility index (Phi) is 7.24. The standard InChI is InChI=1S/C36H32N2/c1-5-10-31(6-2)37(33-19-13-27(3)14-20-33)35-23-17-30-26-36(24-18-29(30)25-35)38(32-11-8-7-9-12-32)34-21-15-28(4)16-22-34/h5-26H,1-2H2,3-4H3/b31-10+. The summed E-state index contributed by atoms with van der Waals surface area (Å²) in [5.41, 5.74) is 8.97. The molecule has 5 aromatic rings. The van der Waals surface area contributed by atoms with Gasteiger partial charge in [0.05, 0.1) is 0 Å².